The fraction of sp³-hybridized carbons (Fsp3) is 0.556. The Morgan fingerprint density at radius 2 is 2.27 bits per heavy atom. The molecule has 0 aliphatic carbocycles. The van der Waals surface area contributed by atoms with Crippen LogP contribution < -0.4 is 5.32 Å². The van der Waals surface area contributed by atoms with Gasteiger partial charge in [-0.1, -0.05) is 0 Å². The highest BCUT2D eigenvalue weighted by Gasteiger charge is 2.31. The lowest BCUT2D eigenvalue weighted by atomic mass is 10.1. The molecule has 0 radical (unpaired) electrons. The number of carbonyl (C=O) groups excluding carboxylic acids is 1. The van der Waals surface area contributed by atoms with E-state index in [0.717, 1.165) is 6.92 Å². The summed E-state index contributed by atoms with van der Waals surface area (Å²) in [5, 5.41) is 8.42. The molecular formula is C9H13F2N3O. The Morgan fingerprint density at radius 3 is 2.67 bits per heavy atom. The Hall–Kier alpha value is -1.46. The van der Waals surface area contributed by atoms with Crippen molar-refractivity contribution in [3.63, 3.8) is 0 Å². The van der Waals surface area contributed by atoms with Crippen molar-refractivity contribution < 1.29 is 13.6 Å². The number of aryl methyl sites for hydroxylation is 1. The number of rotatable bonds is 3. The fourth-order valence-electron chi connectivity index (χ4n) is 0.981. The molecule has 1 atom stereocenters. The molecule has 1 rings (SSSR count). The minimum absolute atomic E-state index is 0.283. The number of aromatic amines is 1. The Labute approximate surface area is 86.1 Å². The number of alkyl halides is 2. The topological polar surface area (TPSA) is 57.8 Å². The lowest BCUT2D eigenvalue weighted by Crippen LogP contribution is -2.43. The highest BCUT2D eigenvalue weighted by Crippen LogP contribution is 2.17. The first-order valence-electron chi connectivity index (χ1n) is 4.51. The number of H-pyrrole nitrogens is 1. The SMILES string of the molecule is Cc1[nH]ncc1C(=O)NC(C)C(C)(F)F. The van der Waals surface area contributed by atoms with Crippen LogP contribution >= 0.6 is 0 Å². The van der Waals surface area contributed by atoms with Gasteiger partial charge in [-0.15, -0.1) is 0 Å². The number of hydrogen-bond donors (Lipinski definition) is 2. The van der Waals surface area contributed by atoms with Crippen molar-refractivity contribution in [2.24, 2.45) is 0 Å². The molecule has 0 spiro atoms. The van der Waals surface area contributed by atoms with Crippen LogP contribution in [0, 0.1) is 6.92 Å². The normalized spacial score (nSPS) is 13.7. The number of halogens is 2. The molecule has 1 aromatic rings. The van der Waals surface area contributed by atoms with Crippen molar-refractivity contribution >= 4 is 5.91 Å². The zero-order chi connectivity index (χ0) is 11.6. The number of hydrogen-bond acceptors (Lipinski definition) is 2. The third-order valence-corrected chi connectivity index (χ3v) is 2.18. The van der Waals surface area contributed by atoms with Crippen LogP contribution in [-0.4, -0.2) is 28.1 Å². The average Bonchev–Trinajstić information content (AvgIpc) is 2.49. The quantitative estimate of drug-likeness (QED) is 0.805. The molecular weight excluding hydrogens is 204 g/mol. The van der Waals surface area contributed by atoms with Crippen LogP contribution in [-0.2, 0) is 0 Å². The van der Waals surface area contributed by atoms with Crippen LogP contribution in [0.1, 0.15) is 29.9 Å². The average molecular weight is 217 g/mol. The molecule has 0 aliphatic heterocycles. The lowest BCUT2D eigenvalue weighted by molar-refractivity contribution is -0.0108. The van der Waals surface area contributed by atoms with E-state index < -0.39 is 17.9 Å². The van der Waals surface area contributed by atoms with Crippen LogP contribution in [0.15, 0.2) is 6.20 Å². The molecule has 4 nitrogen and oxygen atoms in total. The van der Waals surface area contributed by atoms with Crippen molar-refractivity contribution in [2.75, 3.05) is 0 Å². The van der Waals surface area contributed by atoms with Gasteiger partial charge < -0.3 is 5.32 Å². The molecule has 1 unspecified atom stereocenters. The smallest absolute Gasteiger partial charge is 0.264 e. The molecule has 1 aromatic heterocycles. The van der Waals surface area contributed by atoms with Gasteiger partial charge in [-0.2, -0.15) is 5.10 Å². The summed E-state index contributed by atoms with van der Waals surface area (Å²) in [6.07, 6.45) is 1.31. The summed E-state index contributed by atoms with van der Waals surface area (Å²) in [4.78, 5) is 11.5. The molecule has 0 saturated heterocycles. The van der Waals surface area contributed by atoms with Crippen LogP contribution in [0.3, 0.4) is 0 Å². The monoisotopic (exact) mass is 217 g/mol. The van der Waals surface area contributed by atoms with Crippen molar-refractivity contribution in [3.05, 3.63) is 17.5 Å². The first-order valence-corrected chi connectivity index (χ1v) is 4.51. The molecule has 0 aliphatic rings. The summed E-state index contributed by atoms with van der Waals surface area (Å²) in [6.45, 7) is 3.67. The first kappa shape index (κ1) is 11.6. The maximum atomic E-state index is 12.8. The predicted octanol–water partition coefficient (Wildman–Crippen LogP) is 1.49. The van der Waals surface area contributed by atoms with Crippen LogP contribution in [0.4, 0.5) is 8.78 Å². The summed E-state index contributed by atoms with van der Waals surface area (Å²) in [6, 6.07) is -1.21. The van der Waals surface area contributed by atoms with Gasteiger partial charge in [-0.3, -0.25) is 9.89 Å². The van der Waals surface area contributed by atoms with E-state index >= 15 is 0 Å². The predicted molar refractivity (Wildman–Crippen MR) is 50.9 cm³/mol. The molecule has 0 bridgehead atoms. The highest BCUT2D eigenvalue weighted by molar-refractivity contribution is 5.95. The molecule has 2 N–H and O–H groups in total. The minimum atomic E-state index is -2.94. The Bertz CT molecular complexity index is 356. The second-order valence-electron chi connectivity index (χ2n) is 3.56. The number of aromatic nitrogens is 2. The molecule has 0 saturated carbocycles. The zero-order valence-electron chi connectivity index (χ0n) is 8.77. The van der Waals surface area contributed by atoms with E-state index in [4.69, 9.17) is 0 Å². The van der Waals surface area contributed by atoms with Gasteiger partial charge in [0.2, 0.25) is 0 Å². The summed E-state index contributed by atoms with van der Waals surface area (Å²) in [7, 11) is 0. The van der Waals surface area contributed by atoms with Crippen molar-refractivity contribution in [1.29, 1.82) is 0 Å². The third-order valence-electron chi connectivity index (χ3n) is 2.18. The largest absolute Gasteiger partial charge is 0.343 e. The van der Waals surface area contributed by atoms with Gasteiger partial charge >= 0.3 is 0 Å². The third kappa shape index (κ3) is 2.74. The Balaban J connectivity index is 2.69. The number of carbonyl (C=O) groups is 1. The Kier molecular flexibility index (Phi) is 3.06. The standard InChI is InChI=1S/C9H13F2N3O/c1-5-7(4-12-14-5)8(15)13-6(2)9(3,10)11/h4,6H,1-3H3,(H,12,14)(H,13,15). The van der Waals surface area contributed by atoms with Gasteiger partial charge in [-0.25, -0.2) is 8.78 Å². The van der Waals surface area contributed by atoms with E-state index in [1.165, 1.54) is 13.1 Å². The van der Waals surface area contributed by atoms with Gasteiger partial charge in [-0.05, 0) is 13.8 Å². The lowest BCUT2D eigenvalue weighted by Gasteiger charge is -2.20. The summed E-state index contributed by atoms with van der Waals surface area (Å²) < 4.78 is 25.6. The van der Waals surface area contributed by atoms with E-state index in [9.17, 15) is 13.6 Å². The van der Waals surface area contributed by atoms with Crippen molar-refractivity contribution in [1.82, 2.24) is 15.5 Å². The summed E-state index contributed by atoms with van der Waals surface area (Å²) >= 11 is 0. The van der Waals surface area contributed by atoms with Gasteiger partial charge in [0.25, 0.3) is 11.8 Å². The number of amides is 1. The second-order valence-corrected chi connectivity index (χ2v) is 3.56. The van der Waals surface area contributed by atoms with Crippen LogP contribution in [0.2, 0.25) is 0 Å². The van der Waals surface area contributed by atoms with Crippen LogP contribution in [0.5, 0.6) is 0 Å². The van der Waals surface area contributed by atoms with Gasteiger partial charge in [0.15, 0.2) is 0 Å². The van der Waals surface area contributed by atoms with Gasteiger partial charge in [0, 0.05) is 12.6 Å². The molecule has 6 heteroatoms. The van der Waals surface area contributed by atoms with Crippen molar-refractivity contribution in [2.45, 2.75) is 32.7 Å². The number of nitrogens with one attached hydrogen (secondary N) is 2. The summed E-state index contributed by atoms with van der Waals surface area (Å²) in [5.41, 5.74) is 0.838. The molecule has 84 valence electrons. The van der Waals surface area contributed by atoms with E-state index in [0.29, 0.717) is 5.69 Å². The fourth-order valence-corrected chi connectivity index (χ4v) is 0.981. The number of nitrogens with zero attached hydrogens (tertiary/aromatic N) is 1. The van der Waals surface area contributed by atoms with E-state index in [1.54, 1.807) is 6.92 Å². The van der Waals surface area contributed by atoms with E-state index in [-0.39, 0.29) is 5.56 Å². The van der Waals surface area contributed by atoms with Crippen LogP contribution in [0.25, 0.3) is 0 Å². The maximum absolute atomic E-state index is 12.8. The summed E-state index contributed by atoms with van der Waals surface area (Å²) in [5.74, 6) is -3.48. The van der Waals surface area contributed by atoms with E-state index in [1.807, 2.05) is 0 Å². The highest BCUT2D eigenvalue weighted by atomic mass is 19.3. The molecule has 1 heterocycles. The first-order chi connectivity index (χ1) is 6.82. The van der Waals surface area contributed by atoms with Gasteiger partial charge in [0.1, 0.15) is 0 Å². The minimum Gasteiger partial charge on any atom is -0.343 e. The Morgan fingerprint density at radius 1 is 1.67 bits per heavy atom. The molecule has 15 heavy (non-hydrogen) atoms. The molecule has 0 fully saturated rings. The maximum Gasteiger partial charge on any atom is 0.264 e. The second kappa shape index (κ2) is 3.96. The van der Waals surface area contributed by atoms with E-state index in [2.05, 4.69) is 15.5 Å². The van der Waals surface area contributed by atoms with Gasteiger partial charge in [0.05, 0.1) is 17.8 Å². The zero-order valence-corrected chi connectivity index (χ0v) is 8.77. The van der Waals surface area contributed by atoms with Crippen molar-refractivity contribution in [3.8, 4) is 0 Å². The molecule has 0 aromatic carbocycles. The molecule has 1 amide bonds.